The van der Waals surface area contributed by atoms with E-state index < -0.39 is 29.1 Å². The Morgan fingerprint density at radius 2 is 1.95 bits per heavy atom. The van der Waals surface area contributed by atoms with Crippen LogP contribution in [-0.2, 0) is 17.5 Å². The van der Waals surface area contributed by atoms with Gasteiger partial charge in [-0.05, 0) is 31.0 Å². The zero-order valence-electron chi connectivity index (χ0n) is 11.7. The van der Waals surface area contributed by atoms with Crippen molar-refractivity contribution in [3.63, 3.8) is 0 Å². The van der Waals surface area contributed by atoms with E-state index in [4.69, 9.17) is 0 Å². The molecule has 21 heavy (non-hydrogen) atoms. The lowest BCUT2D eigenvalue weighted by molar-refractivity contribution is -0.144. The molecule has 0 aliphatic heterocycles. The van der Waals surface area contributed by atoms with Gasteiger partial charge in [-0.2, -0.15) is 13.2 Å². The van der Waals surface area contributed by atoms with Gasteiger partial charge >= 0.3 is 12.1 Å². The van der Waals surface area contributed by atoms with Gasteiger partial charge < -0.3 is 5.11 Å². The first kappa shape index (κ1) is 17.4. The molecule has 118 valence electrons. The molecule has 3 nitrogen and oxygen atoms in total. The first-order valence-corrected chi connectivity index (χ1v) is 6.44. The van der Waals surface area contributed by atoms with Gasteiger partial charge in [0, 0.05) is 6.54 Å². The molecule has 7 heteroatoms. The quantitative estimate of drug-likeness (QED) is 0.790. The summed E-state index contributed by atoms with van der Waals surface area (Å²) >= 11 is 0. The summed E-state index contributed by atoms with van der Waals surface area (Å²) < 4.78 is 51.5. The summed E-state index contributed by atoms with van der Waals surface area (Å²) in [5.41, 5.74) is -2.61. The van der Waals surface area contributed by atoms with Crippen molar-refractivity contribution in [1.29, 1.82) is 0 Å². The number of alkyl halides is 3. The maximum absolute atomic E-state index is 13.0. The van der Waals surface area contributed by atoms with Crippen LogP contribution >= 0.6 is 0 Å². The molecule has 1 aromatic carbocycles. The Labute approximate surface area is 120 Å². The topological polar surface area (TPSA) is 49.3 Å². The largest absolute Gasteiger partial charge is 0.480 e. The van der Waals surface area contributed by atoms with Crippen molar-refractivity contribution in [3.05, 3.63) is 35.1 Å². The van der Waals surface area contributed by atoms with Crippen molar-refractivity contribution in [2.75, 3.05) is 0 Å². The number of nitrogens with one attached hydrogen (secondary N) is 1. The lowest BCUT2D eigenvalue weighted by atomic mass is 9.95. The van der Waals surface area contributed by atoms with E-state index in [2.05, 4.69) is 5.32 Å². The highest BCUT2D eigenvalue weighted by Gasteiger charge is 2.36. The Hall–Kier alpha value is -1.63. The Morgan fingerprint density at radius 1 is 1.33 bits per heavy atom. The van der Waals surface area contributed by atoms with E-state index in [0.717, 1.165) is 12.1 Å². The standard InChI is InChI=1S/C14H17F4NO2/c1-3-6-13(2,12(20)21)19-8-9-4-5-10(15)7-11(9)14(16,17)18/h4-5,7,19H,3,6,8H2,1-2H3,(H,20,21). The second-order valence-electron chi connectivity index (χ2n) is 5.04. The molecular formula is C14H17F4NO2. The third-order valence-electron chi connectivity index (χ3n) is 3.27. The Balaban J connectivity index is 3.01. The number of carboxylic acid groups (broad SMARTS) is 1. The highest BCUT2D eigenvalue weighted by Crippen LogP contribution is 2.32. The molecule has 0 saturated carbocycles. The maximum atomic E-state index is 13.0. The fraction of sp³-hybridized carbons (Fsp3) is 0.500. The van der Waals surface area contributed by atoms with Crippen LogP contribution in [0.15, 0.2) is 18.2 Å². The number of halogens is 4. The zero-order chi connectivity index (χ0) is 16.3. The van der Waals surface area contributed by atoms with Crippen LogP contribution < -0.4 is 5.32 Å². The normalized spacial score (nSPS) is 14.8. The van der Waals surface area contributed by atoms with E-state index in [1.807, 2.05) is 0 Å². The Morgan fingerprint density at radius 3 is 2.43 bits per heavy atom. The summed E-state index contributed by atoms with van der Waals surface area (Å²) in [5, 5.41) is 11.8. The summed E-state index contributed by atoms with van der Waals surface area (Å²) in [7, 11) is 0. The molecule has 0 spiro atoms. The summed E-state index contributed by atoms with van der Waals surface area (Å²) in [6, 6.07) is 2.35. The van der Waals surface area contributed by atoms with E-state index in [1.165, 1.54) is 6.92 Å². The molecule has 1 unspecified atom stereocenters. The number of rotatable bonds is 6. The zero-order valence-corrected chi connectivity index (χ0v) is 11.7. The second kappa shape index (κ2) is 6.43. The van der Waals surface area contributed by atoms with Crippen molar-refractivity contribution in [3.8, 4) is 0 Å². The van der Waals surface area contributed by atoms with Gasteiger partial charge in [0.1, 0.15) is 11.4 Å². The minimum Gasteiger partial charge on any atom is -0.480 e. The van der Waals surface area contributed by atoms with Crippen LogP contribution in [0, 0.1) is 5.82 Å². The van der Waals surface area contributed by atoms with Crippen LogP contribution in [0.3, 0.4) is 0 Å². The summed E-state index contributed by atoms with van der Waals surface area (Å²) in [6.07, 6.45) is -3.86. The fourth-order valence-electron chi connectivity index (χ4n) is 2.03. The Bertz CT molecular complexity index is 516. The highest BCUT2D eigenvalue weighted by molar-refractivity contribution is 5.78. The number of aliphatic carboxylic acids is 1. The predicted octanol–water partition coefficient (Wildman–Crippen LogP) is 3.58. The molecule has 1 atom stereocenters. The molecule has 1 aromatic rings. The highest BCUT2D eigenvalue weighted by atomic mass is 19.4. The molecule has 0 aliphatic rings. The molecule has 1 rings (SSSR count). The van der Waals surface area contributed by atoms with Gasteiger partial charge in [-0.1, -0.05) is 19.4 Å². The molecule has 2 N–H and O–H groups in total. The first-order valence-electron chi connectivity index (χ1n) is 6.44. The van der Waals surface area contributed by atoms with Gasteiger partial charge in [0.05, 0.1) is 5.56 Å². The number of hydrogen-bond acceptors (Lipinski definition) is 2. The summed E-state index contributed by atoms with van der Waals surface area (Å²) in [4.78, 5) is 11.2. The van der Waals surface area contributed by atoms with Crippen molar-refractivity contribution < 1.29 is 27.5 Å². The van der Waals surface area contributed by atoms with Gasteiger partial charge in [0.25, 0.3) is 0 Å². The van der Waals surface area contributed by atoms with Crippen LogP contribution in [0.25, 0.3) is 0 Å². The average molecular weight is 307 g/mol. The van der Waals surface area contributed by atoms with E-state index in [9.17, 15) is 27.5 Å². The van der Waals surface area contributed by atoms with Crippen LogP contribution in [0.1, 0.15) is 37.8 Å². The van der Waals surface area contributed by atoms with Crippen LogP contribution in [0.5, 0.6) is 0 Å². The molecule has 0 amide bonds. The SMILES string of the molecule is CCCC(C)(NCc1ccc(F)cc1C(F)(F)F)C(=O)O. The number of benzene rings is 1. The van der Waals surface area contributed by atoms with E-state index in [0.29, 0.717) is 12.5 Å². The second-order valence-corrected chi connectivity index (χ2v) is 5.04. The minimum atomic E-state index is -4.69. The predicted molar refractivity (Wildman–Crippen MR) is 69.2 cm³/mol. The molecule has 0 radical (unpaired) electrons. The smallest absolute Gasteiger partial charge is 0.416 e. The van der Waals surface area contributed by atoms with Crippen molar-refractivity contribution in [2.24, 2.45) is 0 Å². The molecule has 0 aromatic heterocycles. The van der Waals surface area contributed by atoms with Gasteiger partial charge in [-0.25, -0.2) is 4.39 Å². The fourth-order valence-corrected chi connectivity index (χ4v) is 2.03. The third kappa shape index (κ3) is 4.42. The van der Waals surface area contributed by atoms with Crippen molar-refractivity contribution in [1.82, 2.24) is 5.32 Å². The van der Waals surface area contributed by atoms with Gasteiger partial charge in [-0.15, -0.1) is 0 Å². The minimum absolute atomic E-state index is 0.188. The van der Waals surface area contributed by atoms with Crippen LogP contribution in [-0.4, -0.2) is 16.6 Å². The van der Waals surface area contributed by atoms with Gasteiger partial charge in [0.15, 0.2) is 0 Å². The van der Waals surface area contributed by atoms with E-state index in [-0.39, 0.29) is 18.5 Å². The summed E-state index contributed by atoms with van der Waals surface area (Å²) in [6.45, 7) is 2.88. The first-order chi connectivity index (χ1) is 9.60. The van der Waals surface area contributed by atoms with Crippen molar-refractivity contribution >= 4 is 5.97 Å². The van der Waals surface area contributed by atoms with Gasteiger partial charge in [-0.3, -0.25) is 10.1 Å². The summed E-state index contributed by atoms with van der Waals surface area (Å²) in [5.74, 6) is -2.12. The molecule has 0 fully saturated rings. The Kier molecular flexibility index (Phi) is 5.33. The molecular weight excluding hydrogens is 290 g/mol. The average Bonchev–Trinajstić information content (AvgIpc) is 2.36. The van der Waals surface area contributed by atoms with Gasteiger partial charge in [0.2, 0.25) is 0 Å². The lowest BCUT2D eigenvalue weighted by Gasteiger charge is -2.26. The van der Waals surface area contributed by atoms with E-state index in [1.54, 1.807) is 6.92 Å². The molecule has 0 aliphatic carbocycles. The number of hydrogen-bond donors (Lipinski definition) is 2. The number of carboxylic acids is 1. The van der Waals surface area contributed by atoms with Crippen LogP contribution in [0.2, 0.25) is 0 Å². The molecule has 0 bridgehead atoms. The maximum Gasteiger partial charge on any atom is 0.416 e. The van der Waals surface area contributed by atoms with Crippen molar-refractivity contribution in [2.45, 2.75) is 44.9 Å². The third-order valence-corrected chi connectivity index (χ3v) is 3.27. The van der Waals surface area contributed by atoms with E-state index >= 15 is 0 Å². The lowest BCUT2D eigenvalue weighted by Crippen LogP contribution is -2.49. The molecule has 0 saturated heterocycles. The monoisotopic (exact) mass is 307 g/mol. The van der Waals surface area contributed by atoms with Crippen LogP contribution in [0.4, 0.5) is 17.6 Å². The molecule has 0 heterocycles. The number of carbonyl (C=O) groups is 1.